The van der Waals surface area contributed by atoms with Gasteiger partial charge in [-0.05, 0) is 72.6 Å². The number of nitriles is 1. The minimum absolute atomic E-state index is 0.316. The third kappa shape index (κ3) is 5.70. The highest BCUT2D eigenvalue weighted by Gasteiger charge is 2.44. The molecule has 2 aromatic carbocycles. The number of nitrogens with one attached hydrogen (secondary N) is 1. The molecule has 0 unspecified atom stereocenters. The average molecular weight is 549 g/mol. The second-order valence-electron chi connectivity index (χ2n) is 10.9. The van der Waals surface area contributed by atoms with Crippen molar-refractivity contribution < 1.29 is 4.74 Å². The van der Waals surface area contributed by atoms with Crippen molar-refractivity contribution in [2.45, 2.75) is 51.6 Å². The highest BCUT2D eigenvalue weighted by atomic mass is 35.5. The number of hydrogen-bond acceptors (Lipinski definition) is 8. The molecule has 1 N–H and O–H groups in total. The number of hydrogen-bond donors (Lipinski definition) is 2. The molecule has 1 aliphatic heterocycles. The minimum atomic E-state index is -0.349. The topological polar surface area (TPSA) is 77.3 Å². The van der Waals surface area contributed by atoms with Gasteiger partial charge in [0.2, 0.25) is 5.95 Å². The number of halogens is 1. The average Bonchev–Trinajstić information content (AvgIpc) is 3.66. The van der Waals surface area contributed by atoms with Crippen molar-refractivity contribution in [3.05, 3.63) is 76.1 Å². The van der Waals surface area contributed by atoms with Crippen LogP contribution < -0.4 is 15.1 Å². The van der Waals surface area contributed by atoms with E-state index in [1.54, 1.807) is 13.2 Å². The van der Waals surface area contributed by atoms with E-state index in [-0.39, 0.29) is 5.41 Å². The molecule has 9 heteroatoms. The van der Waals surface area contributed by atoms with E-state index < -0.39 is 0 Å². The molecule has 1 spiro atoms. The summed E-state index contributed by atoms with van der Waals surface area (Å²) in [6.45, 7) is 6.56. The molecule has 0 bridgehead atoms. The van der Waals surface area contributed by atoms with Crippen molar-refractivity contribution in [1.82, 2.24) is 14.4 Å². The first-order valence-electron chi connectivity index (χ1n) is 12.9. The molecule has 2 fully saturated rings. The number of hydrazine groups is 1. The maximum absolute atomic E-state index is 10.0. The van der Waals surface area contributed by atoms with Crippen LogP contribution in [0.25, 0.3) is 0 Å². The Morgan fingerprint density at radius 1 is 1.13 bits per heavy atom. The van der Waals surface area contributed by atoms with Crippen LogP contribution in [-0.2, 0) is 12.0 Å². The summed E-state index contributed by atoms with van der Waals surface area (Å²) >= 11 is 11.0. The van der Waals surface area contributed by atoms with Crippen LogP contribution in [0.3, 0.4) is 0 Å². The summed E-state index contributed by atoms with van der Waals surface area (Å²) in [4.78, 5) is 10.9. The van der Waals surface area contributed by atoms with Gasteiger partial charge >= 0.3 is 0 Å². The molecule has 7 nitrogen and oxygen atoms in total. The first kappa shape index (κ1) is 26.6. The van der Waals surface area contributed by atoms with Crippen LogP contribution in [0.15, 0.2) is 48.7 Å². The van der Waals surface area contributed by atoms with E-state index in [1.165, 1.54) is 30.1 Å². The van der Waals surface area contributed by atoms with Gasteiger partial charge in [-0.15, -0.1) is 0 Å². The summed E-state index contributed by atoms with van der Waals surface area (Å²) in [5, 5.41) is 10.7. The molecular weight excluding hydrogens is 516 g/mol. The molecule has 0 atom stereocenters. The molecular formula is C29H33ClN6OS. The van der Waals surface area contributed by atoms with Gasteiger partial charge in [0.05, 0.1) is 22.0 Å². The van der Waals surface area contributed by atoms with E-state index in [9.17, 15) is 5.26 Å². The predicted octanol–water partition coefficient (Wildman–Crippen LogP) is 6.39. The monoisotopic (exact) mass is 548 g/mol. The number of aromatic nitrogens is 2. The fourth-order valence-electron chi connectivity index (χ4n) is 5.21. The highest BCUT2D eigenvalue weighted by molar-refractivity contribution is 7.77. The molecule has 1 saturated heterocycles. The summed E-state index contributed by atoms with van der Waals surface area (Å²) in [7, 11) is 1.75. The Kier molecular flexibility index (Phi) is 7.45. The summed E-state index contributed by atoms with van der Waals surface area (Å²) in [5.41, 5.74) is 7.55. The van der Waals surface area contributed by atoms with E-state index in [0.29, 0.717) is 28.6 Å². The third-order valence-electron chi connectivity index (χ3n) is 7.94. The van der Waals surface area contributed by atoms with Crippen LogP contribution >= 0.6 is 24.4 Å². The Bertz CT molecular complexity index is 1340. The Hall–Kier alpha value is -2.99. The maximum Gasteiger partial charge on any atom is 0.238 e. The zero-order chi connectivity index (χ0) is 26.9. The van der Waals surface area contributed by atoms with Crippen LogP contribution in [-0.4, -0.2) is 34.5 Å². The normalized spacial score (nSPS) is 16.4. The van der Waals surface area contributed by atoms with Gasteiger partial charge in [-0.25, -0.2) is 9.97 Å². The Labute approximate surface area is 235 Å². The number of benzene rings is 2. The molecule has 1 aromatic heterocycles. The van der Waals surface area contributed by atoms with E-state index in [1.807, 2.05) is 30.3 Å². The summed E-state index contributed by atoms with van der Waals surface area (Å²) < 4.78 is 7.45. The number of nitrogens with zero attached hydrogens (tertiary/aromatic N) is 5. The molecule has 2 heterocycles. The van der Waals surface area contributed by atoms with Gasteiger partial charge < -0.3 is 9.64 Å². The van der Waals surface area contributed by atoms with E-state index in [4.69, 9.17) is 16.3 Å². The van der Waals surface area contributed by atoms with Gasteiger partial charge in [0.1, 0.15) is 18.4 Å². The Balaban J connectivity index is 1.29. The molecule has 198 valence electrons. The lowest BCUT2D eigenvalue weighted by Crippen LogP contribution is -2.35. The van der Waals surface area contributed by atoms with Crippen LogP contribution in [0.4, 0.5) is 11.6 Å². The van der Waals surface area contributed by atoms with Crippen molar-refractivity contribution in [2.75, 3.05) is 30.5 Å². The van der Waals surface area contributed by atoms with Gasteiger partial charge in [-0.1, -0.05) is 50.4 Å². The zero-order valence-corrected chi connectivity index (χ0v) is 23.7. The lowest BCUT2D eigenvalue weighted by atomic mass is 9.77. The van der Waals surface area contributed by atoms with Crippen molar-refractivity contribution in [3.63, 3.8) is 0 Å². The van der Waals surface area contributed by atoms with Crippen molar-refractivity contribution in [3.8, 4) is 11.8 Å². The van der Waals surface area contributed by atoms with Crippen molar-refractivity contribution >= 4 is 36.1 Å². The number of ether oxygens (including phenoxy) is 1. The zero-order valence-electron chi connectivity index (χ0n) is 22.0. The van der Waals surface area contributed by atoms with Gasteiger partial charge in [0, 0.05) is 31.7 Å². The highest BCUT2D eigenvalue weighted by Crippen LogP contribution is 2.54. The van der Waals surface area contributed by atoms with Crippen molar-refractivity contribution in [1.29, 1.82) is 5.26 Å². The summed E-state index contributed by atoms with van der Waals surface area (Å²) in [6.07, 6.45) is 6.77. The molecule has 1 saturated carbocycles. The van der Waals surface area contributed by atoms with Gasteiger partial charge in [-0.2, -0.15) is 9.68 Å². The number of piperidine rings is 1. The number of thiol groups is 1. The van der Waals surface area contributed by atoms with Crippen LogP contribution in [0.5, 0.6) is 5.75 Å². The molecule has 38 heavy (non-hydrogen) atoms. The van der Waals surface area contributed by atoms with Crippen LogP contribution in [0.2, 0.25) is 5.02 Å². The number of rotatable bonds is 8. The standard InChI is InChI=1S/C29H33ClN6OS/c1-28(2,21-4-6-24(7-5-21)37-19-23-8-13-32-27(33-23)34-35(3)38)22-16-20(18-31)26(25(30)17-22)36-14-11-29(9-10-29)12-15-36/h4-8,13,16-17,38H,9-12,14-15,19H2,1-3H3,(H,32,33,34). The lowest BCUT2D eigenvalue weighted by Gasteiger charge is -2.35. The second-order valence-corrected chi connectivity index (χ2v) is 11.9. The quantitative estimate of drug-likeness (QED) is 0.249. The molecule has 1 aliphatic carbocycles. The van der Waals surface area contributed by atoms with Gasteiger partial charge in [0.25, 0.3) is 0 Å². The Morgan fingerprint density at radius 2 is 1.84 bits per heavy atom. The van der Waals surface area contributed by atoms with Crippen molar-refractivity contribution in [2.24, 2.45) is 5.41 Å². The van der Waals surface area contributed by atoms with Crippen LogP contribution in [0.1, 0.15) is 61.9 Å². The first-order chi connectivity index (χ1) is 18.2. The molecule has 3 aromatic rings. The van der Waals surface area contributed by atoms with Gasteiger partial charge in [0.15, 0.2) is 0 Å². The Morgan fingerprint density at radius 3 is 2.47 bits per heavy atom. The summed E-state index contributed by atoms with van der Waals surface area (Å²) in [6, 6.07) is 16.3. The third-order valence-corrected chi connectivity index (χ3v) is 8.33. The smallest absolute Gasteiger partial charge is 0.238 e. The lowest BCUT2D eigenvalue weighted by molar-refractivity contribution is 0.301. The first-order valence-corrected chi connectivity index (χ1v) is 13.7. The fraction of sp³-hybridized carbons (Fsp3) is 0.414. The van der Waals surface area contributed by atoms with Crippen LogP contribution in [0, 0.1) is 16.7 Å². The van der Waals surface area contributed by atoms with E-state index in [0.717, 1.165) is 41.3 Å². The summed E-state index contributed by atoms with van der Waals surface area (Å²) in [5.74, 6) is 1.20. The van der Waals surface area contributed by atoms with Gasteiger partial charge in [-0.3, -0.25) is 5.43 Å². The second kappa shape index (κ2) is 10.6. The molecule has 0 amide bonds. The van der Waals surface area contributed by atoms with E-state index >= 15 is 0 Å². The fourth-order valence-corrected chi connectivity index (χ4v) is 5.64. The SMILES string of the molecule is CN(S)Nc1nccc(COc2ccc(C(C)(C)c3cc(Cl)c(N4CCC5(CC4)CC5)c(C#N)c3)cc2)n1. The minimum Gasteiger partial charge on any atom is -0.487 e. The van der Waals surface area contributed by atoms with E-state index in [2.05, 4.69) is 65.2 Å². The predicted molar refractivity (Wildman–Crippen MR) is 155 cm³/mol. The maximum atomic E-state index is 10.0. The largest absolute Gasteiger partial charge is 0.487 e. The molecule has 0 radical (unpaired) electrons. The molecule has 2 aliphatic rings. The number of anilines is 2. The molecule has 5 rings (SSSR count).